The lowest BCUT2D eigenvalue weighted by Crippen LogP contribution is -2.03. The highest BCUT2D eigenvalue weighted by molar-refractivity contribution is 6.27. The lowest BCUT2D eigenvalue weighted by atomic mass is 9.91. The molecule has 4 rings (SSSR count). The van der Waals surface area contributed by atoms with E-state index in [1.165, 1.54) is 21.3 Å². The zero-order valence-electron chi connectivity index (χ0n) is 16.6. The third kappa shape index (κ3) is 3.03. The van der Waals surface area contributed by atoms with E-state index in [0.717, 1.165) is 32.3 Å². The van der Waals surface area contributed by atoms with E-state index in [1.807, 2.05) is 18.2 Å². The predicted molar refractivity (Wildman–Crippen MR) is 113 cm³/mol. The summed E-state index contributed by atoms with van der Waals surface area (Å²) in [5.74, 6) is -1.33. The molecule has 0 bridgehead atoms. The summed E-state index contributed by atoms with van der Waals surface area (Å²) in [7, 11) is 3.99. The van der Waals surface area contributed by atoms with Crippen molar-refractivity contribution in [3.05, 3.63) is 71.3 Å². The van der Waals surface area contributed by atoms with Crippen LogP contribution in [0.2, 0.25) is 0 Å². The second-order valence-corrected chi connectivity index (χ2v) is 6.76. The molecule has 30 heavy (non-hydrogen) atoms. The molecule has 6 heteroatoms. The smallest absolute Gasteiger partial charge is 0.337 e. The number of methoxy groups -OCH3 is 3. The number of hydrogen-bond donors (Lipinski definition) is 0. The van der Waals surface area contributed by atoms with Gasteiger partial charge in [0.2, 0.25) is 0 Å². The minimum absolute atomic E-state index is 0.409. The first-order chi connectivity index (χ1) is 14.5. The first kappa shape index (κ1) is 19.4. The van der Waals surface area contributed by atoms with Crippen LogP contribution in [0.3, 0.4) is 0 Å². The molecule has 0 atom stereocenters. The van der Waals surface area contributed by atoms with Crippen molar-refractivity contribution in [1.82, 2.24) is 0 Å². The van der Waals surface area contributed by atoms with E-state index in [0.29, 0.717) is 16.7 Å². The van der Waals surface area contributed by atoms with Crippen LogP contribution in [0.5, 0.6) is 0 Å². The zero-order valence-corrected chi connectivity index (χ0v) is 16.6. The van der Waals surface area contributed by atoms with E-state index < -0.39 is 17.9 Å². The molecule has 0 aromatic heterocycles. The van der Waals surface area contributed by atoms with Gasteiger partial charge in [0.1, 0.15) is 0 Å². The topological polar surface area (TPSA) is 78.9 Å². The van der Waals surface area contributed by atoms with Gasteiger partial charge in [-0.25, -0.2) is 14.4 Å². The fraction of sp³-hybridized carbons (Fsp3) is 0.125. The fourth-order valence-corrected chi connectivity index (χ4v) is 3.74. The SMILES string of the molecule is COC(=O)c1ccc2c(c1)c1ccc(C(=O)OC)cc1c1ccc(C(=O)OC)cc21. The Kier molecular flexibility index (Phi) is 4.83. The van der Waals surface area contributed by atoms with Crippen molar-refractivity contribution in [2.75, 3.05) is 21.3 Å². The summed E-state index contributed by atoms with van der Waals surface area (Å²) >= 11 is 0. The van der Waals surface area contributed by atoms with E-state index in [-0.39, 0.29) is 0 Å². The van der Waals surface area contributed by atoms with Gasteiger partial charge in [-0.1, -0.05) is 18.2 Å². The van der Waals surface area contributed by atoms with Gasteiger partial charge in [0, 0.05) is 0 Å². The molecule has 0 aliphatic heterocycles. The zero-order chi connectivity index (χ0) is 21.4. The Morgan fingerprint density at radius 2 is 0.733 bits per heavy atom. The summed E-state index contributed by atoms with van der Waals surface area (Å²) in [6, 6.07) is 15.8. The maximum atomic E-state index is 12.1. The molecule has 0 amide bonds. The normalized spacial score (nSPS) is 10.9. The second kappa shape index (κ2) is 7.48. The van der Waals surface area contributed by atoms with Crippen LogP contribution in [0.1, 0.15) is 31.1 Å². The Labute approximate surface area is 171 Å². The van der Waals surface area contributed by atoms with Crippen LogP contribution in [0.25, 0.3) is 32.3 Å². The van der Waals surface area contributed by atoms with E-state index in [2.05, 4.69) is 0 Å². The molecular weight excluding hydrogens is 384 g/mol. The first-order valence-corrected chi connectivity index (χ1v) is 9.16. The average Bonchev–Trinajstić information content (AvgIpc) is 2.81. The van der Waals surface area contributed by atoms with Crippen molar-refractivity contribution in [2.24, 2.45) is 0 Å². The van der Waals surface area contributed by atoms with Gasteiger partial charge in [-0.05, 0) is 68.7 Å². The summed E-state index contributed by atoms with van der Waals surface area (Å²) < 4.78 is 14.6. The van der Waals surface area contributed by atoms with Crippen molar-refractivity contribution in [1.29, 1.82) is 0 Å². The molecule has 0 saturated heterocycles. The number of benzene rings is 4. The summed E-state index contributed by atoms with van der Waals surface area (Å²) in [6.45, 7) is 0. The lowest BCUT2D eigenvalue weighted by molar-refractivity contribution is 0.0592. The maximum absolute atomic E-state index is 12.1. The molecule has 0 unspecified atom stereocenters. The summed E-state index contributed by atoms with van der Waals surface area (Å²) in [6.07, 6.45) is 0. The number of carbonyl (C=O) groups excluding carboxylic acids is 3. The predicted octanol–water partition coefficient (Wildman–Crippen LogP) is 4.51. The number of carbonyl (C=O) groups is 3. The maximum Gasteiger partial charge on any atom is 0.337 e. The molecule has 0 radical (unpaired) electrons. The fourth-order valence-electron chi connectivity index (χ4n) is 3.74. The molecule has 4 aromatic rings. The third-order valence-electron chi connectivity index (χ3n) is 5.19. The summed E-state index contributed by atoms with van der Waals surface area (Å²) in [4.78, 5) is 36.2. The van der Waals surface area contributed by atoms with Gasteiger partial charge >= 0.3 is 17.9 Å². The summed E-state index contributed by atoms with van der Waals surface area (Å²) in [5.41, 5.74) is 1.23. The minimum atomic E-state index is -0.445. The molecule has 4 aromatic carbocycles. The number of hydrogen-bond acceptors (Lipinski definition) is 6. The van der Waals surface area contributed by atoms with Gasteiger partial charge in [0.25, 0.3) is 0 Å². The minimum Gasteiger partial charge on any atom is -0.465 e. The monoisotopic (exact) mass is 402 g/mol. The van der Waals surface area contributed by atoms with Crippen molar-refractivity contribution in [3.63, 3.8) is 0 Å². The van der Waals surface area contributed by atoms with Crippen molar-refractivity contribution >= 4 is 50.2 Å². The van der Waals surface area contributed by atoms with Crippen LogP contribution in [-0.2, 0) is 14.2 Å². The number of ether oxygens (including phenoxy) is 3. The molecule has 0 saturated carbocycles. The molecule has 0 fully saturated rings. The van der Waals surface area contributed by atoms with Gasteiger partial charge in [-0.3, -0.25) is 0 Å². The van der Waals surface area contributed by atoms with Gasteiger partial charge in [-0.15, -0.1) is 0 Å². The van der Waals surface area contributed by atoms with Crippen molar-refractivity contribution < 1.29 is 28.6 Å². The Bertz CT molecular complexity index is 1160. The van der Waals surface area contributed by atoms with Gasteiger partial charge < -0.3 is 14.2 Å². The Hall–Kier alpha value is -3.93. The van der Waals surface area contributed by atoms with Crippen LogP contribution >= 0.6 is 0 Å². The third-order valence-corrected chi connectivity index (χ3v) is 5.19. The molecule has 0 aliphatic carbocycles. The molecule has 0 heterocycles. The average molecular weight is 402 g/mol. The molecule has 150 valence electrons. The molecular formula is C24H18O6. The lowest BCUT2D eigenvalue weighted by Gasteiger charge is -2.13. The van der Waals surface area contributed by atoms with Crippen LogP contribution in [0.15, 0.2) is 54.6 Å². The Morgan fingerprint density at radius 1 is 0.467 bits per heavy atom. The van der Waals surface area contributed by atoms with E-state index in [1.54, 1.807) is 36.4 Å². The molecule has 0 aliphatic rings. The van der Waals surface area contributed by atoms with E-state index in [4.69, 9.17) is 14.2 Å². The number of rotatable bonds is 3. The molecule has 0 spiro atoms. The summed E-state index contributed by atoms with van der Waals surface area (Å²) in [5, 5.41) is 5.00. The highest BCUT2D eigenvalue weighted by Gasteiger charge is 2.16. The first-order valence-electron chi connectivity index (χ1n) is 9.16. The van der Waals surface area contributed by atoms with Crippen LogP contribution in [-0.4, -0.2) is 39.2 Å². The van der Waals surface area contributed by atoms with E-state index in [9.17, 15) is 14.4 Å². The van der Waals surface area contributed by atoms with Crippen LogP contribution < -0.4 is 0 Å². The Morgan fingerprint density at radius 3 is 0.967 bits per heavy atom. The highest BCUT2D eigenvalue weighted by atomic mass is 16.5. The van der Waals surface area contributed by atoms with E-state index >= 15 is 0 Å². The molecule has 6 nitrogen and oxygen atoms in total. The highest BCUT2D eigenvalue weighted by Crippen LogP contribution is 2.36. The van der Waals surface area contributed by atoms with Gasteiger partial charge in [-0.2, -0.15) is 0 Å². The second-order valence-electron chi connectivity index (χ2n) is 6.76. The van der Waals surface area contributed by atoms with Crippen LogP contribution in [0.4, 0.5) is 0 Å². The Balaban J connectivity index is 2.16. The number of fused-ring (bicyclic) bond motifs is 6. The van der Waals surface area contributed by atoms with Crippen molar-refractivity contribution in [2.45, 2.75) is 0 Å². The van der Waals surface area contributed by atoms with Gasteiger partial charge in [0.15, 0.2) is 0 Å². The van der Waals surface area contributed by atoms with Crippen molar-refractivity contribution in [3.8, 4) is 0 Å². The van der Waals surface area contributed by atoms with Crippen LogP contribution in [0, 0.1) is 0 Å². The largest absolute Gasteiger partial charge is 0.465 e. The molecule has 0 N–H and O–H groups in total. The standard InChI is InChI=1S/C24H18O6/c1-28-22(25)13-4-7-16-19(10-13)17-8-5-14(23(26)29-2)12-21(17)18-9-6-15(11-20(16)18)24(27)30-3/h4-12H,1-3H3. The van der Waals surface area contributed by atoms with Gasteiger partial charge in [0.05, 0.1) is 38.0 Å². The number of esters is 3. The quantitative estimate of drug-likeness (QED) is 0.285.